The molecule has 0 aliphatic carbocycles. The Balaban J connectivity index is 2.15. The number of nitrogens with one attached hydrogen (secondary N) is 1. The summed E-state index contributed by atoms with van der Waals surface area (Å²) in [6, 6.07) is 3.78. The van der Waals surface area contributed by atoms with Crippen LogP contribution in [0, 0.1) is 0 Å². The van der Waals surface area contributed by atoms with Crippen molar-refractivity contribution in [3.05, 3.63) is 28.8 Å². The summed E-state index contributed by atoms with van der Waals surface area (Å²) in [5.41, 5.74) is 0.00861. The summed E-state index contributed by atoms with van der Waals surface area (Å²) in [5.74, 6) is -1.03. The quantitative estimate of drug-likeness (QED) is 0.787. The van der Waals surface area contributed by atoms with Crippen molar-refractivity contribution in [1.29, 1.82) is 0 Å². The van der Waals surface area contributed by atoms with Gasteiger partial charge in [-0.05, 0) is 45.0 Å². The molecule has 24 heavy (non-hydrogen) atoms. The van der Waals surface area contributed by atoms with Crippen molar-refractivity contribution in [3.63, 3.8) is 0 Å². The number of likely N-dealkylation sites (tertiary alicyclic amines) is 1. The van der Waals surface area contributed by atoms with Crippen molar-refractivity contribution >= 4 is 33.5 Å². The largest absolute Gasteiger partial charge is 0.449 e. The lowest BCUT2D eigenvalue weighted by atomic mass is 10.2. The van der Waals surface area contributed by atoms with Crippen LogP contribution in [-0.4, -0.2) is 51.4 Å². The second-order valence-electron chi connectivity index (χ2n) is 5.43. The van der Waals surface area contributed by atoms with Crippen molar-refractivity contribution in [2.75, 3.05) is 20.1 Å². The Bertz CT molecular complexity index is 744. The maximum atomic E-state index is 12.2. The van der Waals surface area contributed by atoms with Gasteiger partial charge in [0.2, 0.25) is 10.0 Å². The lowest BCUT2D eigenvalue weighted by Crippen LogP contribution is -2.38. The van der Waals surface area contributed by atoms with E-state index < -0.39 is 22.1 Å². The van der Waals surface area contributed by atoms with Gasteiger partial charge in [0.25, 0.3) is 5.91 Å². The molecule has 1 amide bonds. The van der Waals surface area contributed by atoms with Gasteiger partial charge in [0.05, 0.1) is 10.6 Å². The van der Waals surface area contributed by atoms with Crippen molar-refractivity contribution in [1.82, 2.24) is 9.62 Å². The number of sulfonamides is 1. The second kappa shape index (κ2) is 7.50. The summed E-state index contributed by atoms with van der Waals surface area (Å²) in [7, 11) is -2.56. The van der Waals surface area contributed by atoms with Crippen LogP contribution in [0.2, 0.25) is 5.02 Å². The van der Waals surface area contributed by atoms with Gasteiger partial charge >= 0.3 is 5.97 Å². The molecule has 1 aromatic rings. The maximum Gasteiger partial charge on any atom is 0.338 e. The van der Waals surface area contributed by atoms with E-state index in [1.54, 1.807) is 4.90 Å². The van der Waals surface area contributed by atoms with E-state index in [-0.39, 0.29) is 21.4 Å². The fraction of sp³-hybridized carbons (Fsp3) is 0.467. The van der Waals surface area contributed by atoms with E-state index in [2.05, 4.69) is 4.72 Å². The van der Waals surface area contributed by atoms with Crippen LogP contribution < -0.4 is 4.72 Å². The molecule has 0 aromatic heterocycles. The normalized spacial score (nSPS) is 16.0. The summed E-state index contributed by atoms with van der Waals surface area (Å²) in [6.07, 6.45) is 0.944. The third-order valence-corrected chi connectivity index (χ3v) is 5.67. The fourth-order valence-electron chi connectivity index (χ4n) is 2.42. The molecule has 1 aromatic carbocycles. The van der Waals surface area contributed by atoms with Crippen LogP contribution >= 0.6 is 11.6 Å². The van der Waals surface area contributed by atoms with E-state index in [1.165, 1.54) is 26.1 Å². The van der Waals surface area contributed by atoms with E-state index in [0.29, 0.717) is 13.1 Å². The molecular weight excluding hydrogens is 356 g/mol. The van der Waals surface area contributed by atoms with E-state index >= 15 is 0 Å². The number of halogens is 1. The first kappa shape index (κ1) is 18.7. The summed E-state index contributed by atoms with van der Waals surface area (Å²) < 4.78 is 31.1. The minimum atomic E-state index is -3.81. The van der Waals surface area contributed by atoms with Crippen molar-refractivity contribution in [3.8, 4) is 0 Å². The summed E-state index contributed by atoms with van der Waals surface area (Å²) in [4.78, 5) is 25.8. The second-order valence-corrected chi connectivity index (χ2v) is 7.69. The van der Waals surface area contributed by atoms with Gasteiger partial charge in [0, 0.05) is 13.1 Å². The lowest BCUT2D eigenvalue weighted by Gasteiger charge is -2.20. The molecule has 0 radical (unpaired) electrons. The highest BCUT2D eigenvalue weighted by Crippen LogP contribution is 2.23. The first-order valence-electron chi connectivity index (χ1n) is 7.49. The molecule has 0 saturated carbocycles. The van der Waals surface area contributed by atoms with Gasteiger partial charge in [-0.1, -0.05) is 11.6 Å². The number of ether oxygens (including phenoxy) is 1. The third kappa shape index (κ3) is 4.06. The first-order chi connectivity index (χ1) is 11.3. The molecular formula is C15H19ClN2O5S. The van der Waals surface area contributed by atoms with Gasteiger partial charge < -0.3 is 9.64 Å². The zero-order valence-electron chi connectivity index (χ0n) is 13.4. The number of carbonyl (C=O) groups excluding carboxylic acids is 2. The van der Waals surface area contributed by atoms with Gasteiger partial charge in [0.1, 0.15) is 4.90 Å². The lowest BCUT2D eigenvalue weighted by molar-refractivity contribution is -0.138. The Labute approximate surface area is 146 Å². The maximum absolute atomic E-state index is 12.2. The highest BCUT2D eigenvalue weighted by Gasteiger charge is 2.27. The highest BCUT2D eigenvalue weighted by atomic mass is 35.5. The molecule has 9 heteroatoms. The molecule has 1 heterocycles. The number of carbonyl (C=O) groups is 2. The number of hydrogen-bond donors (Lipinski definition) is 1. The summed E-state index contributed by atoms with van der Waals surface area (Å²) >= 11 is 5.87. The van der Waals surface area contributed by atoms with Gasteiger partial charge in [-0.2, -0.15) is 0 Å². The number of nitrogens with zero attached hydrogens (tertiary/aromatic N) is 1. The van der Waals surface area contributed by atoms with E-state index in [1.807, 2.05) is 0 Å². The SMILES string of the molecule is CNS(=O)(=O)c1cc(C(=O)O[C@H](C)C(=O)N2CCCC2)ccc1Cl. The number of benzene rings is 1. The predicted octanol–water partition coefficient (Wildman–Crippen LogP) is 1.42. The number of rotatable bonds is 5. The molecule has 7 nitrogen and oxygen atoms in total. The highest BCUT2D eigenvalue weighted by molar-refractivity contribution is 7.89. The van der Waals surface area contributed by atoms with Gasteiger partial charge in [-0.25, -0.2) is 17.9 Å². The van der Waals surface area contributed by atoms with Crippen LogP contribution in [-0.2, 0) is 19.6 Å². The molecule has 0 spiro atoms. The van der Waals surface area contributed by atoms with Crippen LogP contribution in [0.5, 0.6) is 0 Å². The molecule has 0 unspecified atom stereocenters. The smallest absolute Gasteiger partial charge is 0.338 e. The Morgan fingerprint density at radius 2 is 1.92 bits per heavy atom. The van der Waals surface area contributed by atoms with E-state index in [4.69, 9.17) is 16.3 Å². The predicted molar refractivity (Wildman–Crippen MR) is 88.4 cm³/mol. The fourth-order valence-corrected chi connectivity index (χ4v) is 3.67. The molecule has 1 atom stereocenters. The summed E-state index contributed by atoms with van der Waals surface area (Å²) in [6.45, 7) is 2.82. The third-order valence-electron chi connectivity index (χ3n) is 3.77. The Morgan fingerprint density at radius 3 is 2.50 bits per heavy atom. The van der Waals surface area contributed by atoms with E-state index in [9.17, 15) is 18.0 Å². The molecule has 132 valence electrons. The number of hydrogen-bond acceptors (Lipinski definition) is 5. The van der Waals surface area contributed by atoms with Crippen molar-refractivity contribution < 1.29 is 22.7 Å². The zero-order valence-corrected chi connectivity index (χ0v) is 15.0. The van der Waals surface area contributed by atoms with Crippen LogP contribution in [0.4, 0.5) is 0 Å². The standard InChI is InChI=1S/C15H19ClN2O5S/c1-10(14(19)18-7-3-4-8-18)23-15(20)11-5-6-12(16)13(9-11)24(21,22)17-2/h5-6,9-10,17H,3-4,7-8H2,1-2H3/t10-/m1/s1. The molecule has 2 rings (SSSR count). The van der Waals surface area contributed by atoms with Crippen molar-refractivity contribution in [2.45, 2.75) is 30.8 Å². The Morgan fingerprint density at radius 1 is 1.29 bits per heavy atom. The van der Waals surface area contributed by atoms with Crippen LogP contribution in [0.1, 0.15) is 30.1 Å². The summed E-state index contributed by atoms with van der Waals surface area (Å²) in [5, 5.41) is -0.0120. The minimum absolute atomic E-state index is 0.00861. The molecule has 0 bridgehead atoms. The number of esters is 1. The zero-order chi connectivity index (χ0) is 17.9. The molecule has 1 fully saturated rings. The van der Waals surface area contributed by atoms with Crippen LogP contribution in [0.15, 0.2) is 23.1 Å². The molecule has 1 aliphatic heterocycles. The van der Waals surface area contributed by atoms with E-state index in [0.717, 1.165) is 18.9 Å². The Hall–Kier alpha value is -1.64. The molecule has 1 saturated heterocycles. The van der Waals surface area contributed by atoms with Crippen molar-refractivity contribution in [2.24, 2.45) is 0 Å². The molecule has 1 aliphatic rings. The monoisotopic (exact) mass is 374 g/mol. The average Bonchev–Trinajstić information content (AvgIpc) is 3.08. The minimum Gasteiger partial charge on any atom is -0.449 e. The number of amides is 1. The average molecular weight is 375 g/mol. The topological polar surface area (TPSA) is 92.8 Å². The molecule has 1 N–H and O–H groups in total. The van der Waals surface area contributed by atoms with Gasteiger partial charge in [-0.15, -0.1) is 0 Å². The van der Waals surface area contributed by atoms with Gasteiger partial charge in [0.15, 0.2) is 6.10 Å². The van der Waals surface area contributed by atoms with Crippen LogP contribution in [0.25, 0.3) is 0 Å². The first-order valence-corrected chi connectivity index (χ1v) is 9.35. The van der Waals surface area contributed by atoms with Gasteiger partial charge in [-0.3, -0.25) is 4.79 Å². The Kier molecular flexibility index (Phi) is 5.84. The van der Waals surface area contributed by atoms with Crippen LogP contribution in [0.3, 0.4) is 0 Å².